The van der Waals surface area contributed by atoms with Gasteiger partial charge >= 0.3 is 6.16 Å². The zero-order valence-corrected chi connectivity index (χ0v) is 35.9. The van der Waals surface area contributed by atoms with Crippen LogP contribution in [0.4, 0.5) is 4.79 Å². The van der Waals surface area contributed by atoms with Gasteiger partial charge in [0, 0.05) is 17.5 Å². The Morgan fingerprint density at radius 1 is 1.09 bits per heavy atom. The van der Waals surface area contributed by atoms with E-state index in [2.05, 4.69) is 43.2 Å². The van der Waals surface area contributed by atoms with Crippen molar-refractivity contribution < 1.29 is 42.6 Å². The molecule has 1 aliphatic heterocycles. The molecule has 2 aromatic carbocycles. The average molecular weight is 800 g/mol. The minimum Gasteiger partial charge on any atom is -0.508 e. The number of nitrogens with zero attached hydrogens (tertiary/aromatic N) is 2. The third-order valence-electron chi connectivity index (χ3n) is 12.5. The quantitative estimate of drug-likeness (QED) is 0.121. The molecule has 13 heteroatoms. The Kier molecular flexibility index (Phi) is 10.6. The van der Waals surface area contributed by atoms with Crippen molar-refractivity contribution in [1.82, 2.24) is 15.4 Å². The van der Waals surface area contributed by atoms with Crippen LogP contribution in [0.5, 0.6) is 11.6 Å². The molecule has 2 N–H and O–H groups in total. The minimum absolute atomic E-state index is 0.00360. The molecule has 3 aliphatic carbocycles. The largest absolute Gasteiger partial charge is 0.514 e. The highest BCUT2D eigenvalue weighted by molar-refractivity contribution is 6.74. The van der Waals surface area contributed by atoms with Crippen LogP contribution in [-0.4, -0.2) is 72.5 Å². The number of carbonyl (C=O) groups is 3. The lowest BCUT2D eigenvalue weighted by atomic mass is 9.58. The molecule has 12 nitrogen and oxygen atoms in total. The Bertz CT molecular complexity index is 2100. The van der Waals surface area contributed by atoms with Crippen molar-refractivity contribution in [3.63, 3.8) is 0 Å². The van der Waals surface area contributed by atoms with Crippen LogP contribution in [0.15, 0.2) is 58.3 Å². The molecular weight excluding hydrogens is 743 g/mol. The Labute approximate surface area is 336 Å². The molecule has 0 radical (unpaired) electrons. The number of aliphatic hydroxyl groups excluding tert-OH is 1. The standard InChI is InChI=1S/C44H57N3O9Si/c1-11-45-35-29-22-28-21-27-20-26(30-18-15-19-47(30)8)23-31(53-41(51)54-42(2,3)4)32(27)36(48)33(28)38(49)44(29,56-57(9,10)43(5,6)7)39(50)34-37(35)55-46-40(34)52-24-25-16-13-12-14-17-25/h12-14,16-17,20,23,28-30,35,45,49H,11,15,18-19,21-22,24H2,1-10H3/t28-,29-,30?,35-,44-/m0/s1. The van der Waals surface area contributed by atoms with E-state index in [1.54, 1.807) is 26.8 Å². The maximum Gasteiger partial charge on any atom is 0.514 e. The topological polar surface area (TPSA) is 150 Å². The van der Waals surface area contributed by atoms with Crippen LogP contribution >= 0.6 is 0 Å². The molecule has 1 aromatic heterocycles. The Morgan fingerprint density at radius 3 is 2.44 bits per heavy atom. The van der Waals surface area contributed by atoms with Crippen LogP contribution in [0.1, 0.15) is 123 Å². The lowest BCUT2D eigenvalue weighted by molar-refractivity contribution is -0.0321. The number of aromatic nitrogens is 1. The number of allylic oxidation sites excluding steroid dienone is 1. The number of nitrogens with one attached hydrogen (secondary N) is 1. The minimum atomic E-state index is -2.91. The first-order valence-electron chi connectivity index (χ1n) is 20.2. The van der Waals surface area contributed by atoms with Gasteiger partial charge in [-0.2, -0.15) is 0 Å². The highest BCUT2D eigenvalue weighted by Gasteiger charge is 2.67. The van der Waals surface area contributed by atoms with Gasteiger partial charge in [0.05, 0.1) is 11.6 Å². The lowest BCUT2D eigenvalue weighted by Crippen LogP contribution is -2.65. The van der Waals surface area contributed by atoms with Crippen molar-refractivity contribution in [2.75, 3.05) is 20.1 Å². The number of aliphatic hydroxyl groups is 1. The molecule has 0 spiro atoms. The molecule has 0 saturated carbocycles. The zero-order chi connectivity index (χ0) is 41.2. The molecule has 57 heavy (non-hydrogen) atoms. The van der Waals surface area contributed by atoms with Crippen LogP contribution in [0.3, 0.4) is 0 Å². The van der Waals surface area contributed by atoms with E-state index in [1.807, 2.05) is 56.4 Å². The summed E-state index contributed by atoms with van der Waals surface area (Å²) in [5.41, 5.74) is 0.0649. The molecule has 1 unspecified atom stereocenters. The first-order chi connectivity index (χ1) is 26.8. The number of Topliss-reactive ketones (excluding diaryl/α,β-unsaturated/α-hetero) is 2. The van der Waals surface area contributed by atoms with Gasteiger partial charge in [0.2, 0.25) is 5.78 Å². The van der Waals surface area contributed by atoms with E-state index in [0.29, 0.717) is 25.1 Å². The Morgan fingerprint density at radius 2 is 1.81 bits per heavy atom. The van der Waals surface area contributed by atoms with Gasteiger partial charge in [0.15, 0.2) is 25.5 Å². The summed E-state index contributed by atoms with van der Waals surface area (Å²) in [5.74, 6) is -2.25. The van der Waals surface area contributed by atoms with Gasteiger partial charge in [-0.05, 0) is 119 Å². The molecule has 1 fully saturated rings. The Hall–Kier alpha value is -4.30. The predicted octanol–water partition coefficient (Wildman–Crippen LogP) is 8.83. The highest BCUT2D eigenvalue weighted by atomic mass is 28.4. The summed E-state index contributed by atoms with van der Waals surface area (Å²) in [5, 5.41) is 20.4. The summed E-state index contributed by atoms with van der Waals surface area (Å²) >= 11 is 0. The summed E-state index contributed by atoms with van der Waals surface area (Å²) in [7, 11) is -0.842. The fourth-order valence-corrected chi connectivity index (χ4v) is 10.3. The van der Waals surface area contributed by atoms with E-state index in [4.69, 9.17) is 23.2 Å². The van der Waals surface area contributed by atoms with Gasteiger partial charge in [0.25, 0.3) is 5.88 Å². The van der Waals surface area contributed by atoms with Crippen LogP contribution in [0.2, 0.25) is 18.1 Å². The molecule has 1 saturated heterocycles. The van der Waals surface area contributed by atoms with Crippen molar-refractivity contribution in [1.29, 1.82) is 0 Å². The number of likely N-dealkylation sites (tertiary alicyclic amines) is 1. The third kappa shape index (κ3) is 7.25. The summed E-state index contributed by atoms with van der Waals surface area (Å²) in [6.45, 7) is 19.0. The average Bonchev–Trinajstić information content (AvgIpc) is 3.75. The molecule has 0 bridgehead atoms. The number of ether oxygens (including phenoxy) is 3. The molecule has 306 valence electrons. The summed E-state index contributed by atoms with van der Waals surface area (Å²) in [6, 6.07) is 12.8. The second kappa shape index (κ2) is 14.8. The van der Waals surface area contributed by atoms with Gasteiger partial charge in [-0.1, -0.05) is 64.1 Å². The maximum atomic E-state index is 15.5. The zero-order valence-electron chi connectivity index (χ0n) is 34.9. The number of fused-ring (bicyclic) bond motifs is 4. The van der Waals surface area contributed by atoms with Gasteiger partial charge in [-0.3, -0.25) is 14.5 Å². The highest BCUT2D eigenvalue weighted by Crippen LogP contribution is 2.59. The molecular formula is C44H57N3O9Si. The maximum absolute atomic E-state index is 15.5. The van der Waals surface area contributed by atoms with Gasteiger partial charge < -0.3 is 33.6 Å². The van der Waals surface area contributed by atoms with Crippen molar-refractivity contribution in [2.24, 2.45) is 11.8 Å². The van der Waals surface area contributed by atoms with E-state index in [1.165, 1.54) is 0 Å². The van der Waals surface area contributed by atoms with Gasteiger partial charge in [-0.25, -0.2) is 4.79 Å². The van der Waals surface area contributed by atoms with Crippen molar-refractivity contribution >= 4 is 26.0 Å². The van der Waals surface area contributed by atoms with E-state index in [9.17, 15) is 9.90 Å². The van der Waals surface area contributed by atoms with Crippen molar-refractivity contribution in [3.05, 3.63) is 87.4 Å². The van der Waals surface area contributed by atoms with Gasteiger partial charge in [0.1, 0.15) is 29.3 Å². The SMILES string of the molecule is CCN[C@@H]1c2onc(OCc3ccccc3)c2C(=O)[C@@]2(O[Si](C)(C)C(C)(C)C)C(O)=C3C(=O)c4c(cc(C5CCCN5C)cc4OC(=O)OC(C)(C)C)C[C@H]3C[C@@H]12. The number of carbonyl (C=O) groups excluding carboxylic acids is 3. The predicted molar refractivity (Wildman–Crippen MR) is 216 cm³/mol. The number of hydrogen-bond donors (Lipinski definition) is 2. The second-order valence-corrected chi connectivity index (χ2v) is 23.3. The van der Waals surface area contributed by atoms with E-state index < -0.39 is 60.9 Å². The van der Waals surface area contributed by atoms with Crippen LogP contribution in [-0.2, 0) is 22.2 Å². The summed E-state index contributed by atoms with van der Waals surface area (Å²) < 4.78 is 30.9. The van der Waals surface area contributed by atoms with Crippen molar-refractivity contribution in [2.45, 2.75) is 122 Å². The number of rotatable bonds is 9. The van der Waals surface area contributed by atoms with Crippen LogP contribution in [0.25, 0.3) is 0 Å². The van der Waals surface area contributed by atoms with Crippen molar-refractivity contribution in [3.8, 4) is 11.6 Å². The number of benzene rings is 2. The fraction of sp³-hybridized carbons (Fsp3) is 0.545. The molecule has 2 heterocycles. The molecule has 0 amide bonds. The second-order valence-electron chi connectivity index (χ2n) is 18.6. The smallest absolute Gasteiger partial charge is 0.508 e. The summed E-state index contributed by atoms with van der Waals surface area (Å²) in [6.07, 6.45) is 1.68. The molecule has 5 atom stereocenters. The number of ketones is 2. The molecule has 3 aromatic rings. The first kappa shape index (κ1) is 40.9. The number of hydrogen-bond acceptors (Lipinski definition) is 12. The van der Waals surface area contributed by atoms with E-state index >= 15 is 9.59 Å². The molecule has 7 rings (SSSR count). The summed E-state index contributed by atoms with van der Waals surface area (Å²) in [4.78, 5) is 46.2. The normalized spacial score (nSPS) is 25.1. The lowest BCUT2D eigenvalue weighted by Gasteiger charge is -2.54. The third-order valence-corrected chi connectivity index (χ3v) is 17.0. The first-order valence-corrected chi connectivity index (χ1v) is 23.1. The molecule has 4 aliphatic rings. The fourth-order valence-electron chi connectivity index (χ4n) is 8.85. The monoisotopic (exact) mass is 799 g/mol. The van der Waals surface area contributed by atoms with E-state index in [-0.39, 0.29) is 46.0 Å². The van der Waals surface area contributed by atoms with Gasteiger partial charge in [-0.15, -0.1) is 0 Å². The van der Waals surface area contributed by atoms with E-state index in [0.717, 1.165) is 36.1 Å². The van der Waals surface area contributed by atoms with Crippen LogP contribution < -0.4 is 14.8 Å². The van der Waals surface area contributed by atoms with Crippen LogP contribution in [0, 0.1) is 11.8 Å². The Balaban J connectivity index is 1.41.